The number of fused-ring (bicyclic) bond motifs is 3. The second-order valence-corrected chi connectivity index (χ2v) is 7.33. The number of carboxylic acid groups (broad SMARTS) is 1. The summed E-state index contributed by atoms with van der Waals surface area (Å²) in [5.74, 6) is -0.712. The smallest absolute Gasteiger partial charge is 0.309 e. The molecule has 1 heterocycles. The summed E-state index contributed by atoms with van der Waals surface area (Å²) in [5.41, 5.74) is -0.921. The lowest BCUT2D eigenvalue weighted by Crippen LogP contribution is -2.42. The maximum atomic E-state index is 14.1. The van der Waals surface area contributed by atoms with Gasteiger partial charge in [0, 0.05) is 5.56 Å². The van der Waals surface area contributed by atoms with Crippen molar-refractivity contribution in [2.75, 3.05) is 13.2 Å². The van der Waals surface area contributed by atoms with Crippen LogP contribution in [0.1, 0.15) is 37.7 Å². The van der Waals surface area contributed by atoms with E-state index in [9.17, 15) is 19.1 Å². The molecular formula is C18H20FNO4. The SMILES string of the molecule is O=C(O)C12CCC(C(=O)N3CCOc4cccc(F)c4C3)(CC1)C2. The molecule has 2 aliphatic carbocycles. The molecule has 24 heavy (non-hydrogen) atoms. The van der Waals surface area contributed by atoms with E-state index in [1.807, 2.05) is 0 Å². The van der Waals surface area contributed by atoms with Crippen LogP contribution in [0, 0.1) is 16.6 Å². The number of carbonyl (C=O) groups excluding carboxylic acids is 1. The zero-order valence-corrected chi connectivity index (χ0v) is 13.4. The van der Waals surface area contributed by atoms with Gasteiger partial charge in [-0.2, -0.15) is 0 Å². The predicted molar refractivity (Wildman–Crippen MR) is 82.9 cm³/mol. The zero-order valence-electron chi connectivity index (χ0n) is 13.4. The first-order chi connectivity index (χ1) is 11.5. The molecule has 1 N–H and O–H groups in total. The van der Waals surface area contributed by atoms with Gasteiger partial charge in [-0.15, -0.1) is 0 Å². The normalized spacial score (nSPS) is 31.3. The molecule has 2 bridgehead atoms. The van der Waals surface area contributed by atoms with Gasteiger partial charge in [0.1, 0.15) is 18.2 Å². The van der Waals surface area contributed by atoms with Crippen molar-refractivity contribution in [2.24, 2.45) is 10.8 Å². The minimum atomic E-state index is -0.787. The van der Waals surface area contributed by atoms with Gasteiger partial charge in [-0.05, 0) is 44.2 Å². The van der Waals surface area contributed by atoms with Crippen molar-refractivity contribution in [1.82, 2.24) is 4.90 Å². The second kappa shape index (κ2) is 5.19. The number of halogens is 1. The van der Waals surface area contributed by atoms with Crippen LogP contribution in [0.25, 0.3) is 0 Å². The van der Waals surface area contributed by atoms with Crippen LogP contribution in [0.5, 0.6) is 5.75 Å². The van der Waals surface area contributed by atoms with Crippen molar-refractivity contribution in [3.8, 4) is 5.75 Å². The van der Waals surface area contributed by atoms with E-state index in [0.717, 1.165) is 0 Å². The average molecular weight is 333 g/mol. The number of benzene rings is 1. The van der Waals surface area contributed by atoms with Crippen LogP contribution in [0.2, 0.25) is 0 Å². The van der Waals surface area contributed by atoms with E-state index < -0.39 is 16.8 Å². The van der Waals surface area contributed by atoms with Crippen molar-refractivity contribution in [3.63, 3.8) is 0 Å². The monoisotopic (exact) mass is 333 g/mol. The summed E-state index contributed by atoms with van der Waals surface area (Å²) in [6.07, 6.45) is 2.75. The van der Waals surface area contributed by atoms with Crippen molar-refractivity contribution in [3.05, 3.63) is 29.6 Å². The van der Waals surface area contributed by atoms with E-state index in [-0.39, 0.29) is 18.3 Å². The molecule has 2 saturated carbocycles. The fourth-order valence-corrected chi connectivity index (χ4v) is 4.66. The highest BCUT2D eigenvalue weighted by atomic mass is 19.1. The third kappa shape index (κ3) is 2.12. The van der Waals surface area contributed by atoms with Crippen LogP contribution in [0.3, 0.4) is 0 Å². The van der Waals surface area contributed by atoms with Crippen molar-refractivity contribution < 1.29 is 23.8 Å². The Morgan fingerprint density at radius 3 is 2.54 bits per heavy atom. The summed E-state index contributed by atoms with van der Waals surface area (Å²) in [6.45, 7) is 0.903. The van der Waals surface area contributed by atoms with Crippen LogP contribution >= 0.6 is 0 Å². The highest BCUT2D eigenvalue weighted by Crippen LogP contribution is 2.62. The molecule has 128 valence electrons. The minimum Gasteiger partial charge on any atom is -0.491 e. The van der Waals surface area contributed by atoms with E-state index >= 15 is 0 Å². The lowest BCUT2D eigenvalue weighted by Gasteiger charge is -2.32. The van der Waals surface area contributed by atoms with Crippen LogP contribution in [-0.4, -0.2) is 35.0 Å². The Hall–Kier alpha value is -2.11. The number of ether oxygens (including phenoxy) is 1. The summed E-state index contributed by atoms with van der Waals surface area (Å²) >= 11 is 0. The first-order valence-electron chi connectivity index (χ1n) is 8.39. The fourth-order valence-electron chi connectivity index (χ4n) is 4.66. The van der Waals surface area contributed by atoms with Gasteiger partial charge in [-0.1, -0.05) is 6.07 Å². The molecule has 5 nitrogen and oxygen atoms in total. The van der Waals surface area contributed by atoms with Crippen LogP contribution in [-0.2, 0) is 16.1 Å². The molecule has 3 aliphatic rings. The van der Waals surface area contributed by atoms with Gasteiger partial charge in [0.05, 0.1) is 23.9 Å². The minimum absolute atomic E-state index is 0.0390. The Bertz CT molecular complexity index is 709. The van der Waals surface area contributed by atoms with E-state index in [0.29, 0.717) is 56.6 Å². The number of hydrogen-bond acceptors (Lipinski definition) is 3. The zero-order chi connectivity index (χ0) is 16.9. The number of amides is 1. The number of hydrogen-bond donors (Lipinski definition) is 1. The summed E-state index contributed by atoms with van der Waals surface area (Å²) in [6, 6.07) is 4.68. The van der Waals surface area contributed by atoms with E-state index in [1.54, 1.807) is 17.0 Å². The van der Waals surface area contributed by atoms with Gasteiger partial charge in [0.25, 0.3) is 0 Å². The third-order valence-corrected chi connectivity index (χ3v) is 6.08. The molecule has 0 saturated heterocycles. The molecule has 2 fully saturated rings. The highest BCUT2D eigenvalue weighted by molar-refractivity contribution is 5.87. The number of carbonyl (C=O) groups is 2. The molecule has 1 aromatic rings. The summed E-state index contributed by atoms with van der Waals surface area (Å²) in [5, 5.41) is 9.51. The average Bonchev–Trinajstić information content (AvgIpc) is 3.07. The Labute approximate surface area is 139 Å². The molecule has 6 heteroatoms. The molecule has 1 aromatic carbocycles. The number of nitrogens with zero attached hydrogens (tertiary/aromatic N) is 1. The van der Waals surface area contributed by atoms with Gasteiger partial charge >= 0.3 is 5.97 Å². The lowest BCUT2D eigenvalue weighted by atomic mass is 9.81. The molecule has 0 spiro atoms. The molecule has 0 atom stereocenters. The Morgan fingerprint density at radius 1 is 1.17 bits per heavy atom. The Kier molecular flexibility index (Phi) is 3.34. The fraction of sp³-hybridized carbons (Fsp3) is 0.556. The molecular weight excluding hydrogens is 313 g/mol. The van der Waals surface area contributed by atoms with Gasteiger partial charge in [0.2, 0.25) is 5.91 Å². The maximum Gasteiger partial charge on any atom is 0.309 e. The Balaban J connectivity index is 1.60. The molecule has 0 radical (unpaired) electrons. The largest absolute Gasteiger partial charge is 0.491 e. The van der Waals surface area contributed by atoms with E-state index in [4.69, 9.17) is 4.74 Å². The highest BCUT2D eigenvalue weighted by Gasteiger charge is 2.62. The van der Waals surface area contributed by atoms with E-state index in [2.05, 4.69) is 0 Å². The van der Waals surface area contributed by atoms with Gasteiger partial charge < -0.3 is 14.7 Å². The molecule has 0 unspecified atom stereocenters. The Morgan fingerprint density at radius 2 is 1.88 bits per heavy atom. The summed E-state index contributed by atoms with van der Waals surface area (Å²) in [7, 11) is 0. The van der Waals surface area contributed by atoms with E-state index in [1.165, 1.54) is 6.07 Å². The number of rotatable bonds is 2. The summed E-state index contributed by atoms with van der Waals surface area (Å²) in [4.78, 5) is 26.4. The quantitative estimate of drug-likeness (QED) is 0.903. The van der Waals surface area contributed by atoms with Crippen LogP contribution in [0.15, 0.2) is 18.2 Å². The first kappa shape index (κ1) is 15.4. The molecule has 1 amide bonds. The van der Waals surface area contributed by atoms with Crippen LogP contribution < -0.4 is 4.74 Å². The van der Waals surface area contributed by atoms with Crippen molar-refractivity contribution >= 4 is 11.9 Å². The van der Waals surface area contributed by atoms with Gasteiger partial charge in [-0.25, -0.2) is 4.39 Å². The van der Waals surface area contributed by atoms with Crippen molar-refractivity contribution in [1.29, 1.82) is 0 Å². The molecule has 0 aromatic heterocycles. The standard InChI is InChI=1S/C18H20FNO4/c19-13-2-1-3-14-12(13)10-20(8-9-24-14)15(21)17-4-6-18(11-17,7-5-17)16(22)23/h1-3H,4-11H2,(H,22,23). The lowest BCUT2D eigenvalue weighted by molar-refractivity contribution is -0.148. The second-order valence-electron chi connectivity index (χ2n) is 7.33. The van der Waals surface area contributed by atoms with Crippen LogP contribution in [0.4, 0.5) is 4.39 Å². The molecule has 4 rings (SSSR count). The summed E-state index contributed by atoms with van der Waals surface area (Å²) < 4.78 is 19.7. The topological polar surface area (TPSA) is 66.8 Å². The van der Waals surface area contributed by atoms with Gasteiger partial charge in [-0.3, -0.25) is 9.59 Å². The predicted octanol–water partition coefficient (Wildman–Crippen LogP) is 2.58. The van der Waals surface area contributed by atoms with Gasteiger partial charge in [0.15, 0.2) is 0 Å². The maximum absolute atomic E-state index is 14.1. The number of carboxylic acids is 1. The first-order valence-corrected chi connectivity index (χ1v) is 8.39. The molecule has 1 aliphatic heterocycles. The van der Waals surface area contributed by atoms with Crippen molar-refractivity contribution in [2.45, 2.75) is 38.6 Å². The number of aliphatic carboxylic acids is 1. The third-order valence-electron chi connectivity index (χ3n) is 6.08.